The summed E-state index contributed by atoms with van der Waals surface area (Å²) in [6.07, 6.45) is 0.499. The number of carbonyl (C=O) groups excluding carboxylic acids is 3. The van der Waals surface area contributed by atoms with Crippen LogP contribution in [0.1, 0.15) is 28.8 Å². The Labute approximate surface area is 148 Å². The smallest absolute Gasteiger partial charge is 0.258 e. The van der Waals surface area contributed by atoms with Crippen LogP contribution < -0.4 is 5.32 Å². The number of nitrogens with one attached hydrogen (secondary N) is 1. The topological polar surface area (TPSA) is 66.5 Å². The number of rotatable bonds is 4. The van der Waals surface area contributed by atoms with E-state index in [1.165, 1.54) is 17.0 Å². The monoisotopic (exact) mass is 360 g/mol. The second-order valence-electron chi connectivity index (χ2n) is 5.65. The van der Waals surface area contributed by atoms with Crippen molar-refractivity contribution in [3.63, 3.8) is 0 Å². The fraction of sp³-hybridized carbons (Fsp3) is 0.167. The highest BCUT2D eigenvalue weighted by molar-refractivity contribution is 6.30. The molecule has 1 aliphatic heterocycles. The Morgan fingerprint density at radius 3 is 2.32 bits per heavy atom. The van der Waals surface area contributed by atoms with Gasteiger partial charge in [-0.05, 0) is 35.9 Å². The zero-order chi connectivity index (χ0) is 18.0. The summed E-state index contributed by atoms with van der Waals surface area (Å²) in [7, 11) is 0. The van der Waals surface area contributed by atoms with E-state index in [1.54, 1.807) is 24.3 Å². The summed E-state index contributed by atoms with van der Waals surface area (Å²) in [4.78, 5) is 36.6. The third-order valence-electron chi connectivity index (χ3n) is 3.88. The highest BCUT2D eigenvalue weighted by Gasteiger charge is 2.28. The summed E-state index contributed by atoms with van der Waals surface area (Å²) in [6.45, 7) is 0.206. The van der Waals surface area contributed by atoms with Gasteiger partial charge in [0.05, 0.1) is 12.1 Å². The minimum atomic E-state index is -0.701. The van der Waals surface area contributed by atoms with Crippen LogP contribution >= 0.6 is 11.6 Å². The maximum atomic E-state index is 13.8. The molecule has 0 bridgehead atoms. The van der Waals surface area contributed by atoms with Crippen molar-refractivity contribution in [2.45, 2.75) is 19.4 Å². The molecule has 0 atom stereocenters. The Balaban J connectivity index is 1.67. The van der Waals surface area contributed by atoms with Crippen LogP contribution in [0.3, 0.4) is 0 Å². The molecule has 0 radical (unpaired) electrons. The van der Waals surface area contributed by atoms with Gasteiger partial charge in [0.1, 0.15) is 5.82 Å². The summed E-state index contributed by atoms with van der Waals surface area (Å²) in [6, 6.07) is 10.5. The number of benzene rings is 2. The number of hydrogen-bond donors (Lipinski definition) is 1. The molecule has 0 unspecified atom stereocenters. The standard InChI is InChI=1S/C18H14ClFN2O3/c19-12-3-6-14(15(20)9-12)18(25)21-13-4-1-11(2-5-13)10-22-16(23)7-8-17(22)24/h1-6,9H,7-8,10H2,(H,21,25). The summed E-state index contributed by atoms with van der Waals surface area (Å²) in [5, 5.41) is 2.80. The lowest BCUT2D eigenvalue weighted by Crippen LogP contribution is -2.28. The zero-order valence-corrected chi connectivity index (χ0v) is 13.8. The highest BCUT2D eigenvalue weighted by atomic mass is 35.5. The third-order valence-corrected chi connectivity index (χ3v) is 4.12. The molecule has 7 heteroatoms. The lowest BCUT2D eigenvalue weighted by atomic mass is 10.1. The number of halogens is 2. The van der Waals surface area contributed by atoms with Crippen LogP contribution in [0, 0.1) is 5.82 Å². The first-order chi connectivity index (χ1) is 11.9. The molecule has 5 nitrogen and oxygen atoms in total. The van der Waals surface area contributed by atoms with Gasteiger partial charge in [0.25, 0.3) is 5.91 Å². The number of hydrogen-bond acceptors (Lipinski definition) is 3. The van der Waals surface area contributed by atoms with E-state index in [-0.39, 0.29) is 41.8 Å². The lowest BCUT2D eigenvalue weighted by molar-refractivity contribution is -0.139. The molecule has 3 amide bonds. The van der Waals surface area contributed by atoms with Gasteiger partial charge < -0.3 is 5.32 Å². The van der Waals surface area contributed by atoms with E-state index in [1.807, 2.05) is 0 Å². The molecule has 1 aliphatic rings. The first-order valence-corrected chi connectivity index (χ1v) is 8.00. The SMILES string of the molecule is O=C(Nc1ccc(CN2C(=O)CCC2=O)cc1)c1ccc(Cl)cc1F. The molecule has 0 saturated carbocycles. The van der Waals surface area contributed by atoms with E-state index < -0.39 is 11.7 Å². The van der Waals surface area contributed by atoms with Crippen molar-refractivity contribution in [2.75, 3.05) is 5.32 Å². The number of imide groups is 1. The molecular formula is C18H14ClFN2O3. The first kappa shape index (κ1) is 17.1. The Kier molecular flexibility index (Phi) is 4.81. The van der Waals surface area contributed by atoms with Crippen molar-refractivity contribution in [2.24, 2.45) is 0 Å². The Morgan fingerprint density at radius 1 is 1.08 bits per heavy atom. The Morgan fingerprint density at radius 2 is 1.72 bits per heavy atom. The van der Waals surface area contributed by atoms with Gasteiger partial charge in [0.2, 0.25) is 11.8 Å². The maximum absolute atomic E-state index is 13.8. The molecule has 1 heterocycles. The van der Waals surface area contributed by atoms with Gasteiger partial charge in [-0.2, -0.15) is 0 Å². The molecule has 0 spiro atoms. The van der Waals surface area contributed by atoms with Gasteiger partial charge in [-0.25, -0.2) is 4.39 Å². The summed E-state index contributed by atoms with van der Waals surface area (Å²) in [5.74, 6) is -1.65. The van der Waals surface area contributed by atoms with Crippen molar-refractivity contribution in [3.8, 4) is 0 Å². The predicted octanol–water partition coefficient (Wildman–Crippen LogP) is 3.38. The summed E-state index contributed by atoms with van der Waals surface area (Å²) >= 11 is 5.67. The van der Waals surface area contributed by atoms with Crippen LogP contribution in [-0.2, 0) is 16.1 Å². The number of likely N-dealkylation sites (tertiary alicyclic amines) is 1. The molecule has 1 N–H and O–H groups in total. The largest absolute Gasteiger partial charge is 0.322 e. The fourth-order valence-electron chi connectivity index (χ4n) is 2.55. The van der Waals surface area contributed by atoms with Crippen LogP contribution in [0.25, 0.3) is 0 Å². The second kappa shape index (κ2) is 7.03. The average molecular weight is 361 g/mol. The van der Waals surface area contributed by atoms with Crippen molar-refractivity contribution >= 4 is 35.0 Å². The number of carbonyl (C=O) groups is 3. The average Bonchev–Trinajstić information content (AvgIpc) is 2.88. The molecule has 2 aromatic carbocycles. The van der Waals surface area contributed by atoms with Gasteiger partial charge in [0, 0.05) is 23.6 Å². The van der Waals surface area contributed by atoms with Crippen molar-refractivity contribution in [3.05, 3.63) is 64.4 Å². The van der Waals surface area contributed by atoms with E-state index in [0.29, 0.717) is 5.69 Å². The van der Waals surface area contributed by atoms with Crippen LogP contribution in [0.5, 0.6) is 0 Å². The summed E-state index contributed by atoms with van der Waals surface area (Å²) < 4.78 is 13.8. The maximum Gasteiger partial charge on any atom is 0.258 e. The number of amides is 3. The molecule has 2 aromatic rings. The first-order valence-electron chi connectivity index (χ1n) is 7.62. The summed E-state index contributed by atoms with van der Waals surface area (Å²) in [5.41, 5.74) is 1.13. The van der Waals surface area contributed by atoms with Crippen molar-refractivity contribution < 1.29 is 18.8 Å². The molecule has 1 saturated heterocycles. The number of nitrogens with zero attached hydrogens (tertiary/aromatic N) is 1. The molecule has 1 fully saturated rings. The van der Waals surface area contributed by atoms with E-state index in [0.717, 1.165) is 11.6 Å². The van der Waals surface area contributed by atoms with Crippen LogP contribution in [0.2, 0.25) is 5.02 Å². The van der Waals surface area contributed by atoms with Gasteiger partial charge in [-0.15, -0.1) is 0 Å². The molecule has 3 rings (SSSR count). The van der Waals surface area contributed by atoms with E-state index in [2.05, 4.69) is 5.32 Å². The molecule has 0 aliphatic carbocycles. The van der Waals surface area contributed by atoms with Crippen LogP contribution in [-0.4, -0.2) is 22.6 Å². The van der Waals surface area contributed by atoms with Gasteiger partial charge in [-0.1, -0.05) is 23.7 Å². The van der Waals surface area contributed by atoms with Crippen molar-refractivity contribution in [1.29, 1.82) is 0 Å². The zero-order valence-electron chi connectivity index (χ0n) is 13.1. The fourth-order valence-corrected chi connectivity index (χ4v) is 2.71. The van der Waals surface area contributed by atoms with Crippen LogP contribution in [0.15, 0.2) is 42.5 Å². The Bertz CT molecular complexity index is 836. The molecular weight excluding hydrogens is 347 g/mol. The minimum absolute atomic E-state index is 0.110. The normalized spacial score (nSPS) is 14.1. The van der Waals surface area contributed by atoms with E-state index in [9.17, 15) is 18.8 Å². The molecule has 25 heavy (non-hydrogen) atoms. The lowest BCUT2D eigenvalue weighted by Gasteiger charge is -2.14. The van der Waals surface area contributed by atoms with Crippen molar-refractivity contribution in [1.82, 2.24) is 4.90 Å². The van der Waals surface area contributed by atoms with Gasteiger partial charge in [0.15, 0.2) is 0 Å². The third kappa shape index (κ3) is 3.85. The van der Waals surface area contributed by atoms with Crippen LogP contribution in [0.4, 0.5) is 10.1 Å². The quantitative estimate of drug-likeness (QED) is 0.850. The predicted molar refractivity (Wildman–Crippen MR) is 90.6 cm³/mol. The highest BCUT2D eigenvalue weighted by Crippen LogP contribution is 2.19. The minimum Gasteiger partial charge on any atom is -0.322 e. The Hall–Kier alpha value is -2.73. The molecule has 0 aromatic heterocycles. The van der Waals surface area contributed by atoms with Gasteiger partial charge in [-0.3, -0.25) is 19.3 Å². The van der Waals surface area contributed by atoms with E-state index in [4.69, 9.17) is 11.6 Å². The van der Waals surface area contributed by atoms with E-state index >= 15 is 0 Å². The molecule has 128 valence electrons. The number of anilines is 1. The van der Waals surface area contributed by atoms with Gasteiger partial charge >= 0.3 is 0 Å². The second-order valence-corrected chi connectivity index (χ2v) is 6.09.